The highest BCUT2D eigenvalue weighted by molar-refractivity contribution is 9.10. The van der Waals surface area contributed by atoms with Crippen molar-refractivity contribution in [2.45, 2.75) is 26.2 Å². The Bertz CT molecular complexity index is 357. The van der Waals surface area contributed by atoms with E-state index in [0.717, 1.165) is 30.3 Å². The number of rotatable bonds is 8. The lowest BCUT2D eigenvalue weighted by atomic mass is 10.0. The van der Waals surface area contributed by atoms with E-state index >= 15 is 0 Å². The van der Waals surface area contributed by atoms with Gasteiger partial charge in [-0.2, -0.15) is 4.98 Å². The normalized spacial score (nSPS) is 12.2. The average Bonchev–Trinajstić information content (AvgIpc) is 2.38. The minimum atomic E-state index is 0.219. The van der Waals surface area contributed by atoms with E-state index in [1.807, 2.05) is 0 Å². The molecule has 1 aromatic heterocycles. The first kappa shape index (κ1) is 15.2. The molecular formula is C12H20BrN3O2. The van der Waals surface area contributed by atoms with Crippen molar-refractivity contribution in [2.75, 3.05) is 25.6 Å². The van der Waals surface area contributed by atoms with Crippen molar-refractivity contribution in [1.82, 2.24) is 9.97 Å². The lowest BCUT2D eigenvalue weighted by molar-refractivity contribution is 0.255. The Morgan fingerprint density at radius 2 is 2.28 bits per heavy atom. The summed E-state index contributed by atoms with van der Waals surface area (Å²) in [6.45, 7) is 3.12. The molecular weight excluding hydrogens is 298 g/mol. The Hall–Kier alpha value is -0.880. The smallest absolute Gasteiger partial charge is 0.232 e. The molecule has 1 heterocycles. The molecule has 0 aromatic carbocycles. The molecule has 0 radical (unpaired) electrons. The zero-order valence-electron chi connectivity index (χ0n) is 10.8. The molecule has 0 fully saturated rings. The molecule has 0 saturated carbocycles. The summed E-state index contributed by atoms with van der Waals surface area (Å²) in [5.74, 6) is 1.51. The van der Waals surface area contributed by atoms with Crippen molar-refractivity contribution in [1.29, 1.82) is 0 Å². The topological polar surface area (TPSA) is 67.3 Å². The Morgan fingerprint density at radius 1 is 1.50 bits per heavy atom. The van der Waals surface area contributed by atoms with Gasteiger partial charge in [-0.1, -0.05) is 13.3 Å². The number of hydrogen-bond donors (Lipinski definition) is 2. The molecule has 0 spiro atoms. The van der Waals surface area contributed by atoms with E-state index in [0.29, 0.717) is 17.7 Å². The van der Waals surface area contributed by atoms with Gasteiger partial charge in [0, 0.05) is 13.2 Å². The first-order valence-corrected chi connectivity index (χ1v) is 6.91. The van der Waals surface area contributed by atoms with Gasteiger partial charge < -0.3 is 15.2 Å². The summed E-state index contributed by atoms with van der Waals surface area (Å²) < 4.78 is 5.84. The number of aliphatic hydroxyl groups excluding tert-OH is 1. The fourth-order valence-corrected chi connectivity index (χ4v) is 2.11. The van der Waals surface area contributed by atoms with E-state index in [2.05, 4.69) is 38.1 Å². The number of aliphatic hydroxyl groups is 1. The van der Waals surface area contributed by atoms with E-state index in [4.69, 9.17) is 9.84 Å². The second-order valence-electron chi connectivity index (χ2n) is 4.10. The third-order valence-corrected chi connectivity index (χ3v) is 3.23. The number of halogens is 1. The molecule has 0 aliphatic carbocycles. The molecule has 2 N–H and O–H groups in total. The molecule has 1 unspecified atom stereocenters. The van der Waals surface area contributed by atoms with Crippen molar-refractivity contribution in [3.05, 3.63) is 10.7 Å². The van der Waals surface area contributed by atoms with Crippen molar-refractivity contribution in [3.8, 4) is 5.88 Å². The van der Waals surface area contributed by atoms with E-state index in [1.165, 1.54) is 0 Å². The fourth-order valence-electron chi connectivity index (χ4n) is 1.75. The summed E-state index contributed by atoms with van der Waals surface area (Å²) in [6.07, 6.45) is 4.65. The van der Waals surface area contributed by atoms with Crippen molar-refractivity contribution < 1.29 is 9.84 Å². The van der Waals surface area contributed by atoms with E-state index < -0.39 is 0 Å². The monoisotopic (exact) mass is 317 g/mol. The molecule has 1 rings (SSSR count). The molecule has 0 saturated heterocycles. The Kier molecular flexibility index (Phi) is 6.97. The Balaban J connectivity index is 2.55. The van der Waals surface area contributed by atoms with Crippen LogP contribution < -0.4 is 10.1 Å². The number of hydrogen-bond acceptors (Lipinski definition) is 5. The summed E-state index contributed by atoms with van der Waals surface area (Å²) in [4.78, 5) is 8.40. The molecule has 0 aliphatic heterocycles. The quantitative estimate of drug-likeness (QED) is 0.771. The van der Waals surface area contributed by atoms with Gasteiger partial charge in [-0.15, -0.1) is 0 Å². The van der Waals surface area contributed by atoms with Crippen molar-refractivity contribution >= 4 is 21.9 Å². The highest BCUT2D eigenvalue weighted by Gasteiger charge is 2.09. The number of aromatic nitrogens is 2. The largest absolute Gasteiger partial charge is 0.480 e. The maximum absolute atomic E-state index is 8.99. The minimum Gasteiger partial charge on any atom is -0.480 e. The third-order valence-electron chi connectivity index (χ3n) is 2.69. The molecule has 1 aromatic rings. The molecule has 6 heteroatoms. The Labute approximate surface area is 116 Å². The van der Waals surface area contributed by atoms with Crippen LogP contribution in [-0.2, 0) is 0 Å². The maximum Gasteiger partial charge on any atom is 0.232 e. The summed E-state index contributed by atoms with van der Waals surface area (Å²) in [5.41, 5.74) is 0. The lowest BCUT2D eigenvalue weighted by Gasteiger charge is -2.15. The van der Waals surface area contributed by atoms with Crippen LogP contribution in [0.15, 0.2) is 10.7 Å². The molecule has 102 valence electrons. The van der Waals surface area contributed by atoms with Crippen LogP contribution in [0.25, 0.3) is 0 Å². The third kappa shape index (κ3) is 4.78. The van der Waals surface area contributed by atoms with Crippen LogP contribution in [0, 0.1) is 5.92 Å². The summed E-state index contributed by atoms with van der Waals surface area (Å²) in [6, 6.07) is 0. The molecule has 0 aliphatic rings. The summed E-state index contributed by atoms with van der Waals surface area (Å²) >= 11 is 3.31. The van der Waals surface area contributed by atoms with E-state index in [1.54, 1.807) is 13.3 Å². The minimum absolute atomic E-state index is 0.219. The number of anilines is 1. The first-order chi connectivity index (χ1) is 8.71. The number of nitrogens with one attached hydrogen (secondary N) is 1. The van der Waals surface area contributed by atoms with Gasteiger partial charge in [0.2, 0.25) is 11.8 Å². The van der Waals surface area contributed by atoms with Crippen LogP contribution in [-0.4, -0.2) is 35.3 Å². The number of methoxy groups -OCH3 is 1. The maximum atomic E-state index is 8.99. The van der Waals surface area contributed by atoms with Gasteiger partial charge >= 0.3 is 0 Å². The van der Waals surface area contributed by atoms with Crippen LogP contribution in [0.4, 0.5) is 5.95 Å². The van der Waals surface area contributed by atoms with Gasteiger partial charge in [0.15, 0.2) is 0 Å². The number of nitrogens with zero attached hydrogens (tertiary/aromatic N) is 2. The first-order valence-electron chi connectivity index (χ1n) is 6.12. The average molecular weight is 318 g/mol. The molecule has 0 bridgehead atoms. The molecule has 1 atom stereocenters. The molecule has 0 amide bonds. The van der Waals surface area contributed by atoms with Gasteiger partial charge in [0.05, 0.1) is 17.8 Å². The van der Waals surface area contributed by atoms with Crippen molar-refractivity contribution in [3.63, 3.8) is 0 Å². The SMILES string of the molecule is CCCC(CCO)CNc1ncc(Br)c(OC)n1. The number of ether oxygens (including phenoxy) is 1. The van der Waals surface area contributed by atoms with Crippen LogP contribution >= 0.6 is 15.9 Å². The predicted molar refractivity (Wildman–Crippen MR) is 74.9 cm³/mol. The van der Waals surface area contributed by atoms with Gasteiger partial charge in [0.25, 0.3) is 0 Å². The predicted octanol–water partition coefficient (Wildman–Crippen LogP) is 2.46. The zero-order valence-corrected chi connectivity index (χ0v) is 12.4. The van der Waals surface area contributed by atoms with Crippen LogP contribution in [0.1, 0.15) is 26.2 Å². The van der Waals surface area contributed by atoms with Crippen LogP contribution in [0.5, 0.6) is 5.88 Å². The fraction of sp³-hybridized carbons (Fsp3) is 0.667. The van der Waals surface area contributed by atoms with Gasteiger partial charge in [-0.25, -0.2) is 4.98 Å². The summed E-state index contributed by atoms with van der Waals surface area (Å²) in [7, 11) is 1.57. The van der Waals surface area contributed by atoms with Gasteiger partial charge in [0.1, 0.15) is 0 Å². The zero-order chi connectivity index (χ0) is 13.4. The van der Waals surface area contributed by atoms with Gasteiger partial charge in [-0.3, -0.25) is 0 Å². The standard InChI is InChI=1S/C12H20BrN3O2/c1-3-4-9(5-6-17)7-14-12-15-8-10(13)11(16-12)18-2/h8-9,17H,3-7H2,1-2H3,(H,14,15,16). The second kappa shape index (κ2) is 8.26. The van der Waals surface area contributed by atoms with Gasteiger partial charge in [-0.05, 0) is 34.7 Å². The molecule has 18 heavy (non-hydrogen) atoms. The van der Waals surface area contributed by atoms with E-state index in [9.17, 15) is 0 Å². The molecule has 5 nitrogen and oxygen atoms in total. The highest BCUT2D eigenvalue weighted by atomic mass is 79.9. The van der Waals surface area contributed by atoms with Crippen molar-refractivity contribution in [2.24, 2.45) is 5.92 Å². The van der Waals surface area contributed by atoms with Crippen LogP contribution in [0.2, 0.25) is 0 Å². The lowest BCUT2D eigenvalue weighted by Crippen LogP contribution is -2.17. The van der Waals surface area contributed by atoms with Crippen LogP contribution in [0.3, 0.4) is 0 Å². The Morgan fingerprint density at radius 3 is 2.89 bits per heavy atom. The second-order valence-corrected chi connectivity index (χ2v) is 4.95. The van der Waals surface area contributed by atoms with E-state index in [-0.39, 0.29) is 6.61 Å². The highest BCUT2D eigenvalue weighted by Crippen LogP contribution is 2.22. The summed E-state index contributed by atoms with van der Waals surface area (Å²) in [5, 5.41) is 12.2.